The Balaban J connectivity index is 1.52. The van der Waals surface area contributed by atoms with Gasteiger partial charge in [0.05, 0.1) is 6.61 Å². The van der Waals surface area contributed by atoms with E-state index in [-0.39, 0.29) is 11.4 Å². The average molecular weight is 374 g/mol. The highest BCUT2D eigenvalue weighted by Crippen LogP contribution is 2.65. The van der Waals surface area contributed by atoms with Gasteiger partial charge in [-0.25, -0.2) is 9.98 Å². The van der Waals surface area contributed by atoms with Crippen molar-refractivity contribution in [3.05, 3.63) is 47.8 Å². The van der Waals surface area contributed by atoms with E-state index in [1.165, 1.54) is 10.9 Å². The normalized spacial score (nSPS) is 24.1. The van der Waals surface area contributed by atoms with Crippen molar-refractivity contribution >= 4 is 17.1 Å². The quantitative estimate of drug-likeness (QED) is 0.719. The van der Waals surface area contributed by atoms with E-state index in [0.29, 0.717) is 13.2 Å². The largest absolute Gasteiger partial charge is 0.493 e. The Hall–Kier alpha value is -3.02. The molecule has 0 saturated heterocycles. The molecule has 28 heavy (non-hydrogen) atoms. The zero-order valence-corrected chi connectivity index (χ0v) is 15.8. The van der Waals surface area contributed by atoms with Crippen molar-refractivity contribution in [3.8, 4) is 16.9 Å². The zero-order valence-electron chi connectivity index (χ0n) is 15.8. The van der Waals surface area contributed by atoms with Crippen molar-refractivity contribution in [1.82, 2.24) is 9.97 Å². The van der Waals surface area contributed by atoms with Gasteiger partial charge >= 0.3 is 0 Å². The molecule has 0 radical (unpaired) electrons. The Kier molecular flexibility index (Phi) is 3.01. The van der Waals surface area contributed by atoms with E-state index in [4.69, 9.17) is 20.2 Å². The molecular formula is C22H22N4O2. The number of aliphatic imine (C=N–C) groups is 1. The van der Waals surface area contributed by atoms with Crippen LogP contribution in [0.25, 0.3) is 22.2 Å². The number of aromatic nitrogens is 2. The van der Waals surface area contributed by atoms with Crippen LogP contribution >= 0.6 is 0 Å². The van der Waals surface area contributed by atoms with Gasteiger partial charge in [-0.2, -0.15) is 0 Å². The van der Waals surface area contributed by atoms with Gasteiger partial charge in [-0.1, -0.05) is 13.0 Å². The van der Waals surface area contributed by atoms with Gasteiger partial charge in [-0.05, 0) is 48.6 Å². The lowest BCUT2D eigenvalue weighted by molar-refractivity contribution is 0.0871. The van der Waals surface area contributed by atoms with Crippen molar-refractivity contribution in [1.29, 1.82) is 0 Å². The Labute approximate surface area is 162 Å². The predicted octanol–water partition coefficient (Wildman–Crippen LogP) is 3.51. The van der Waals surface area contributed by atoms with Gasteiger partial charge < -0.3 is 20.2 Å². The van der Waals surface area contributed by atoms with Gasteiger partial charge in [-0.3, -0.25) is 0 Å². The first-order valence-corrected chi connectivity index (χ1v) is 9.86. The Morgan fingerprint density at radius 2 is 2.04 bits per heavy atom. The number of amidine groups is 1. The molecule has 1 unspecified atom stereocenters. The molecule has 1 aromatic carbocycles. The molecule has 2 spiro atoms. The number of nitrogens with one attached hydrogen (secondary N) is 1. The van der Waals surface area contributed by atoms with E-state index in [0.717, 1.165) is 47.3 Å². The highest BCUT2D eigenvalue weighted by molar-refractivity contribution is 5.85. The summed E-state index contributed by atoms with van der Waals surface area (Å²) in [5, 5.41) is 1.17. The molecule has 3 N–H and O–H groups in total. The van der Waals surface area contributed by atoms with Gasteiger partial charge in [0, 0.05) is 34.3 Å². The molecule has 142 valence electrons. The van der Waals surface area contributed by atoms with Gasteiger partial charge in [0.1, 0.15) is 23.5 Å². The molecule has 0 bridgehead atoms. The average Bonchev–Trinajstić information content (AvgIpc) is 3.23. The van der Waals surface area contributed by atoms with Gasteiger partial charge in [0.25, 0.3) is 6.02 Å². The fourth-order valence-electron chi connectivity index (χ4n) is 4.84. The fourth-order valence-corrected chi connectivity index (χ4v) is 4.84. The monoisotopic (exact) mass is 374 g/mol. The summed E-state index contributed by atoms with van der Waals surface area (Å²) in [5.74, 6) is 0.883. The standard InChI is InChI=1S/C22H22N4O2/c1-2-13-9-24-19-16(13)7-15(10-25-19)14-3-4-18-17(8-14)22(12-28-20(23)26-22)21(5-6-21)11-27-18/h3-4,7-10H,2,5-6,11-12H2,1H3,(H2,23,26)(H,24,25). The molecule has 6 nitrogen and oxygen atoms in total. The molecule has 3 aromatic rings. The lowest BCUT2D eigenvalue weighted by Crippen LogP contribution is -2.44. The number of benzene rings is 1. The number of nitrogens with two attached hydrogens (primary N) is 1. The molecular weight excluding hydrogens is 352 g/mol. The minimum absolute atomic E-state index is 0.0119. The molecule has 1 fully saturated rings. The lowest BCUT2D eigenvalue weighted by atomic mass is 9.74. The predicted molar refractivity (Wildman–Crippen MR) is 107 cm³/mol. The molecule has 6 heteroatoms. The maximum absolute atomic E-state index is 6.12. The number of rotatable bonds is 2. The Bertz CT molecular complexity index is 1140. The van der Waals surface area contributed by atoms with Crippen LogP contribution in [0.4, 0.5) is 0 Å². The number of aryl methyl sites for hydroxylation is 1. The van der Waals surface area contributed by atoms with Crippen molar-refractivity contribution in [2.24, 2.45) is 16.1 Å². The first-order chi connectivity index (χ1) is 13.6. The van der Waals surface area contributed by atoms with E-state index in [1.54, 1.807) is 0 Å². The van der Waals surface area contributed by atoms with Crippen LogP contribution in [0.5, 0.6) is 5.75 Å². The third kappa shape index (κ3) is 1.97. The van der Waals surface area contributed by atoms with Gasteiger partial charge in [0.2, 0.25) is 0 Å². The molecule has 1 aliphatic carbocycles. The van der Waals surface area contributed by atoms with Gasteiger partial charge in [-0.15, -0.1) is 0 Å². The summed E-state index contributed by atoms with van der Waals surface area (Å²) in [7, 11) is 0. The van der Waals surface area contributed by atoms with E-state index in [1.807, 2.05) is 18.5 Å². The minimum Gasteiger partial charge on any atom is -0.493 e. The smallest absolute Gasteiger partial charge is 0.283 e. The fraction of sp³-hybridized carbons (Fsp3) is 0.364. The second-order valence-electron chi connectivity index (χ2n) is 8.17. The Morgan fingerprint density at radius 3 is 2.79 bits per heavy atom. The molecule has 4 heterocycles. The maximum atomic E-state index is 6.12. The minimum atomic E-state index is -0.430. The number of pyridine rings is 1. The van der Waals surface area contributed by atoms with Crippen LogP contribution in [-0.2, 0) is 16.7 Å². The van der Waals surface area contributed by atoms with Crippen LogP contribution < -0.4 is 10.5 Å². The summed E-state index contributed by atoms with van der Waals surface area (Å²) in [6, 6.07) is 8.84. The molecule has 0 amide bonds. The van der Waals surface area contributed by atoms with E-state index in [9.17, 15) is 0 Å². The molecule has 6 rings (SSSR count). The van der Waals surface area contributed by atoms with Crippen molar-refractivity contribution in [3.63, 3.8) is 0 Å². The topological polar surface area (TPSA) is 85.5 Å². The van der Waals surface area contributed by atoms with E-state index in [2.05, 4.69) is 35.1 Å². The van der Waals surface area contributed by atoms with Crippen LogP contribution in [0, 0.1) is 5.41 Å². The first-order valence-electron chi connectivity index (χ1n) is 9.86. The second kappa shape index (κ2) is 5.28. The highest BCUT2D eigenvalue weighted by atomic mass is 16.5. The van der Waals surface area contributed by atoms with Gasteiger partial charge in [0.15, 0.2) is 0 Å². The van der Waals surface area contributed by atoms with E-state index < -0.39 is 5.54 Å². The third-order valence-electron chi connectivity index (χ3n) is 6.72. The molecule has 2 aromatic heterocycles. The number of nitrogens with zero attached hydrogens (tertiary/aromatic N) is 2. The third-order valence-corrected chi connectivity index (χ3v) is 6.72. The van der Waals surface area contributed by atoms with Crippen molar-refractivity contribution in [2.45, 2.75) is 31.7 Å². The summed E-state index contributed by atoms with van der Waals surface area (Å²) in [6.45, 7) is 3.33. The Morgan fingerprint density at radius 1 is 1.14 bits per heavy atom. The number of ether oxygens (including phenoxy) is 2. The second-order valence-corrected chi connectivity index (χ2v) is 8.17. The number of H-pyrrole nitrogens is 1. The SMILES string of the molecule is CCc1c[nH]c2ncc(-c3ccc4c(c3)C3(COC(N)=N3)C3(CC3)CO4)cc12. The summed E-state index contributed by atoms with van der Waals surface area (Å²) < 4.78 is 11.8. The molecule has 1 saturated carbocycles. The summed E-state index contributed by atoms with van der Waals surface area (Å²) in [4.78, 5) is 12.7. The van der Waals surface area contributed by atoms with Crippen LogP contribution in [0.2, 0.25) is 0 Å². The molecule has 1 atom stereocenters. The van der Waals surface area contributed by atoms with Crippen LogP contribution in [0.3, 0.4) is 0 Å². The highest BCUT2D eigenvalue weighted by Gasteiger charge is 2.66. The lowest BCUT2D eigenvalue weighted by Gasteiger charge is -2.39. The number of fused-ring (bicyclic) bond motifs is 4. The number of aromatic amines is 1. The van der Waals surface area contributed by atoms with Crippen molar-refractivity contribution < 1.29 is 9.47 Å². The van der Waals surface area contributed by atoms with Crippen LogP contribution in [0.15, 0.2) is 41.7 Å². The van der Waals surface area contributed by atoms with E-state index >= 15 is 0 Å². The molecule has 3 aliphatic rings. The molecule has 2 aliphatic heterocycles. The summed E-state index contributed by atoms with van der Waals surface area (Å²) >= 11 is 0. The maximum Gasteiger partial charge on any atom is 0.283 e. The van der Waals surface area contributed by atoms with Crippen LogP contribution in [0.1, 0.15) is 30.9 Å². The van der Waals surface area contributed by atoms with Crippen LogP contribution in [-0.4, -0.2) is 29.2 Å². The number of hydrogen-bond acceptors (Lipinski definition) is 5. The first kappa shape index (κ1) is 16.0. The summed E-state index contributed by atoms with van der Waals surface area (Å²) in [6.07, 6.45) is 7.12. The number of hydrogen-bond donors (Lipinski definition) is 2. The van der Waals surface area contributed by atoms with Crippen molar-refractivity contribution in [2.75, 3.05) is 13.2 Å². The summed E-state index contributed by atoms with van der Waals surface area (Å²) in [5.41, 5.74) is 11.0. The zero-order chi connectivity index (χ0) is 18.9.